The Labute approximate surface area is 95.0 Å². The fourth-order valence-electron chi connectivity index (χ4n) is 1.86. The smallest absolute Gasteiger partial charge is 0.353 e. The lowest BCUT2D eigenvalue weighted by atomic mass is 10.1. The van der Waals surface area contributed by atoms with E-state index in [0.717, 1.165) is 0 Å². The highest BCUT2D eigenvalue weighted by atomic mass is 16.7. The first-order valence-corrected chi connectivity index (χ1v) is 4.79. The summed E-state index contributed by atoms with van der Waals surface area (Å²) in [4.78, 5) is 13.6. The molecule has 6 nitrogen and oxygen atoms in total. The Bertz CT molecular complexity index is 681. The summed E-state index contributed by atoms with van der Waals surface area (Å²) in [5, 5.41) is 18.5. The average Bonchev–Trinajstić information content (AvgIpc) is 2.87. The van der Waals surface area contributed by atoms with E-state index in [4.69, 9.17) is 19.8 Å². The molecule has 1 aliphatic rings. The third-order valence-corrected chi connectivity index (χ3v) is 2.62. The van der Waals surface area contributed by atoms with Crippen molar-refractivity contribution in [3.8, 4) is 17.6 Å². The van der Waals surface area contributed by atoms with Crippen molar-refractivity contribution in [2.24, 2.45) is 0 Å². The zero-order chi connectivity index (χ0) is 12.0. The summed E-state index contributed by atoms with van der Waals surface area (Å²) in [5.41, 5.74) is 0.528. The third-order valence-electron chi connectivity index (χ3n) is 2.62. The van der Waals surface area contributed by atoms with E-state index in [1.807, 2.05) is 6.07 Å². The van der Waals surface area contributed by atoms with Crippen LogP contribution in [0.4, 0.5) is 0 Å². The summed E-state index contributed by atoms with van der Waals surface area (Å²) in [7, 11) is 0. The van der Waals surface area contributed by atoms with Gasteiger partial charge in [0.05, 0.1) is 11.1 Å². The molecular formula is C11H6N2O4. The molecule has 0 spiro atoms. The highest BCUT2D eigenvalue weighted by Crippen LogP contribution is 2.37. The number of fused-ring (bicyclic) bond motifs is 2. The fraction of sp³-hybridized carbons (Fsp3) is 0.0909. The normalized spacial score (nSPS) is 12.6. The van der Waals surface area contributed by atoms with Crippen LogP contribution in [-0.4, -0.2) is 22.9 Å². The predicted octanol–water partition coefficient (Wildman–Crippen LogP) is 1.47. The van der Waals surface area contributed by atoms with Gasteiger partial charge in [0.1, 0.15) is 11.8 Å². The zero-order valence-corrected chi connectivity index (χ0v) is 8.48. The molecule has 0 bridgehead atoms. The quantitative estimate of drug-likeness (QED) is 0.773. The van der Waals surface area contributed by atoms with Gasteiger partial charge in [0.15, 0.2) is 11.5 Å². The second-order valence-electron chi connectivity index (χ2n) is 3.54. The lowest BCUT2D eigenvalue weighted by Crippen LogP contribution is -1.98. The van der Waals surface area contributed by atoms with Gasteiger partial charge in [-0.15, -0.1) is 0 Å². The Hall–Kier alpha value is -2.68. The Morgan fingerprint density at radius 1 is 1.41 bits per heavy atom. The monoisotopic (exact) mass is 230 g/mol. The molecule has 17 heavy (non-hydrogen) atoms. The van der Waals surface area contributed by atoms with Crippen LogP contribution in [0.2, 0.25) is 0 Å². The van der Waals surface area contributed by atoms with Crippen molar-refractivity contribution >= 4 is 16.9 Å². The Morgan fingerprint density at radius 2 is 2.12 bits per heavy atom. The first kappa shape index (κ1) is 9.54. The maximum Gasteiger partial charge on any atom is 0.353 e. The second-order valence-corrected chi connectivity index (χ2v) is 3.54. The summed E-state index contributed by atoms with van der Waals surface area (Å²) in [6, 6.07) is 5.12. The number of H-pyrrole nitrogens is 1. The van der Waals surface area contributed by atoms with Crippen LogP contribution in [-0.2, 0) is 0 Å². The number of carboxylic acids is 1. The topological polar surface area (TPSA) is 95.3 Å². The summed E-state index contributed by atoms with van der Waals surface area (Å²) in [6.45, 7) is 0.135. The molecule has 0 saturated carbocycles. The number of hydrogen-bond acceptors (Lipinski definition) is 4. The van der Waals surface area contributed by atoms with Crippen molar-refractivity contribution in [2.45, 2.75) is 0 Å². The summed E-state index contributed by atoms with van der Waals surface area (Å²) < 4.78 is 10.4. The van der Waals surface area contributed by atoms with Crippen molar-refractivity contribution in [1.82, 2.24) is 4.98 Å². The maximum atomic E-state index is 11.0. The number of aromatic amines is 1. The van der Waals surface area contributed by atoms with Crippen LogP contribution >= 0.6 is 0 Å². The average molecular weight is 230 g/mol. The van der Waals surface area contributed by atoms with E-state index < -0.39 is 5.97 Å². The number of nitrogens with one attached hydrogen (secondary N) is 1. The van der Waals surface area contributed by atoms with Crippen molar-refractivity contribution in [1.29, 1.82) is 5.26 Å². The van der Waals surface area contributed by atoms with Crippen LogP contribution < -0.4 is 9.47 Å². The minimum atomic E-state index is -1.17. The fourth-order valence-corrected chi connectivity index (χ4v) is 1.86. The van der Waals surface area contributed by atoms with E-state index >= 15 is 0 Å². The lowest BCUT2D eigenvalue weighted by Gasteiger charge is -1.95. The molecule has 6 heteroatoms. The highest BCUT2D eigenvalue weighted by Gasteiger charge is 2.21. The number of ether oxygens (including phenoxy) is 2. The summed E-state index contributed by atoms with van der Waals surface area (Å²) >= 11 is 0. The minimum absolute atomic E-state index is 0.103. The number of rotatable bonds is 1. The number of aromatic nitrogens is 1. The van der Waals surface area contributed by atoms with Crippen LogP contribution in [0.15, 0.2) is 12.1 Å². The van der Waals surface area contributed by atoms with Gasteiger partial charge in [0.25, 0.3) is 0 Å². The van der Waals surface area contributed by atoms with E-state index in [9.17, 15) is 4.79 Å². The van der Waals surface area contributed by atoms with Crippen molar-refractivity contribution < 1.29 is 19.4 Å². The standard InChI is InChI=1S/C11H6N2O4/c12-3-6-5-1-8-9(17-4-16-8)2-7(5)13-10(6)11(14)15/h1-2,13H,4H2,(H,14,15). The zero-order valence-electron chi connectivity index (χ0n) is 8.48. The Balaban J connectivity index is 2.36. The number of nitrogens with zero attached hydrogens (tertiary/aromatic N) is 1. The largest absolute Gasteiger partial charge is 0.477 e. The molecule has 0 unspecified atom stereocenters. The van der Waals surface area contributed by atoms with E-state index in [0.29, 0.717) is 22.4 Å². The predicted molar refractivity (Wildman–Crippen MR) is 56.1 cm³/mol. The molecule has 0 atom stereocenters. The number of nitriles is 1. The van der Waals surface area contributed by atoms with Gasteiger partial charge in [-0.1, -0.05) is 0 Å². The summed E-state index contributed by atoms with van der Waals surface area (Å²) in [5.74, 6) is -0.107. The molecule has 0 amide bonds. The molecule has 2 aromatic rings. The van der Waals surface area contributed by atoms with Gasteiger partial charge >= 0.3 is 5.97 Å². The van der Waals surface area contributed by atoms with Gasteiger partial charge in [0.2, 0.25) is 6.79 Å². The minimum Gasteiger partial charge on any atom is -0.477 e. The van der Waals surface area contributed by atoms with Crippen LogP contribution in [0.5, 0.6) is 11.5 Å². The molecule has 1 aromatic heterocycles. The number of aromatic carboxylic acids is 1. The van der Waals surface area contributed by atoms with Crippen LogP contribution in [0, 0.1) is 11.3 Å². The van der Waals surface area contributed by atoms with Crippen LogP contribution in [0.25, 0.3) is 10.9 Å². The van der Waals surface area contributed by atoms with Crippen molar-refractivity contribution in [3.05, 3.63) is 23.4 Å². The van der Waals surface area contributed by atoms with Crippen LogP contribution in [0.1, 0.15) is 16.1 Å². The maximum absolute atomic E-state index is 11.0. The molecule has 0 radical (unpaired) electrons. The van der Waals surface area contributed by atoms with Crippen molar-refractivity contribution in [3.63, 3.8) is 0 Å². The van der Waals surface area contributed by atoms with Crippen molar-refractivity contribution in [2.75, 3.05) is 6.79 Å². The first-order chi connectivity index (χ1) is 8.20. The van der Waals surface area contributed by atoms with Gasteiger partial charge in [-0.25, -0.2) is 4.79 Å². The van der Waals surface area contributed by atoms with E-state index in [-0.39, 0.29) is 18.1 Å². The highest BCUT2D eigenvalue weighted by molar-refractivity contribution is 6.00. The van der Waals surface area contributed by atoms with Gasteiger partial charge in [0, 0.05) is 11.5 Å². The van der Waals surface area contributed by atoms with Gasteiger partial charge < -0.3 is 19.6 Å². The molecule has 2 heterocycles. The Morgan fingerprint density at radius 3 is 2.76 bits per heavy atom. The van der Waals surface area contributed by atoms with Gasteiger partial charge in [-0.2, -0.15) is 5.26 Å². The van der Waals surface area contributed by atoms with Gasteiger partial charge in [-0.05, 0) is 6.07 Å². The van der Waals surface area contributed by atoms with Crippen LogP contribution in [0.3, 0.4) is 0 Å². The molecular weight excluding hydrogens is 224 g/mol. The molecule has 2 N–H and O–H groups in total. The third kappa shape index (κ3) is 1.23. The SMILES string of the molecule is N#Cc1c(C(=O)O)[nH]c2cc3c(cc12)OCO3. The molecule has 0 aliphatic carbocycles. The molecule has 84 valence electrons. The lowest BCUT2D eigenvalue weighted by molar-refractivity contribution is 0.0691. The number of carboxylic acid groups (broad SMARTS) is 1. The number of carbonyl (C=O) groups is 1. The molecule has 3 rings (SSSR count). The van der Waals surface area contributed by atoms with E-state index in [2.05, 4.69) is 4.98 Å². The number of hydrogen-bond donors (Lipinski definition) is 2. The van der Waals surface area contributed by atoms with E-state index in [1.54, 1.807) is 12.1 Å². The molecule has 0 saturated heterocycles. The Kier molecular flexibility index (Phi) is 1.77. The molecule has 1 aromatic carbocycles. The second kappa shape index (κ2) is 3.15. The molecule has 1 aliphatic heterocycles. The van der Waals surface area contributed by atoms with Gasteiger partial charge in [-0.3, -0.25) is 0 Å². The number of benzene rings is 1. The van der Waals surface area contributed by atoms with E-state index in [1.165, 1.54) is 0 Å². The first-order valence-electron chi connectivity index (χ1n) is 4.79. The summed E-state index contributed by atoms with van der Waals surface area (Å²) in [6.07, 6.45) is 0. The molecule has 0 fully saturated rings.